The van der Waals surface area contributed by atoms with Gasteiger partial charge in [-0.1, -0.05) is 32.1 Å². The Kier molecular flexibility index (Phi) is 5.48. The normalized spacial score (nSPS) is 23.3. The summed E-state index contributed by atoms with van der Waals surface area (Å²) < 4.78 is 0. The lowest BCUT2D eigenvalue weighted by molar-refractivity contribution is -0.132. The Balaban J connectivity index is 1.65. The summed E-state index contributed by atoms with van der Waals surface area (Å²) in [7, 11) is 0. The van der Waals surface area contributed by atoms with E-state index >= 15 is 0 Å². The zero-order valence-corrected chi connectivity index (χ0v) is 11.6. The number of carbonyl (C=O) groups excluding carboxylic acids is 1. The van der Waals surface area contributed by atoms with Crippen LogP contribution in [0.1, 0.15) is 57.8 Å². The molecule has 0 unspecified atom stereocenters. The molecule has 18 heavy (non-hydrogen) atoms. The van der Waals surface area contributed by atoms with E-state index in [-0.39, 0.29) is 0 Å². The number of carbonyl (C=O) groups is 1. The summed E-state index contributed by atoms with van der Waals surface area (Å²) in [5, 5.41) is 0. The van der Waals surface area contributed by atoms with Crippen molar-refractivity contribution in [2.24, 2.45) is 17.6 Å². The molecule has 1 aliphatic carbocycles. The third-order valence-corrected chi connectivity index (χ3v) is 4.79. The van der Waals surface area contributed by atoms with E-state index in [9.17, 15) is 4.79 Å². The Morgan fingerprint density at radius 3 is 2.28 bits per heavy atom. The summed E-state index contributed by atoms with van der Waals surface area (Å²) >= 11 is 0. The van der Waals surface area contributed by atoms with E-state index in [0.29, 0.717) is 11.8 Å². The molecule has 0 spiro atoms. The van der Waals surface area contributed by atoms with Gasteiger partial charge < -0.3 is 10.6 Å². The van der Waals surface area contributed by atoms with Gasteiger partial charge in [-0.2, -0.15) is 0 Å². The molecule has 1 amide bonds. The highest BCUT2D eigenvalue weighted by Gasteiger charge is 2.22. The van der Waals surface area contributed by atoms with Crippen molar-refractivity contribution in [2.45, 2.75) is 57.8 Å². The smallest absolute Gasteiger partial charge is 0.222 e. The fourth-order valence-electron chi connectivity index (χ4n) is 3.38. The monoisotopic (exact) mass is 252 g/mol. The summed E-state index contributed by atoms with van der Waals surface area (Å²) in [5.41, 5.74) is 5.68. The second kappa shape index (κ2) is 7.13. The van der Waals surface area contributed by atoms with E-state index in [1.807, 2.05) is 0 Å². The van der Waals surface area contributed by atoms with Crippen molar-refractivity contribution >= 4 is 5.91 Å². The van der Waals surface area contributed by atoms with Crippen LogP contribution in [0.2, 0.25) is 0 Å². The molecule has 0 atom stereocenters. The van der Waals surface area contributed by atoms with Crippen LogP contribution in [0, 0.1) is 11.8 Å². The maximum atomic E-state index is 12.1. The molecular formula is C15H28N2O. The predicted octanol–water partition coefficient (Wildman–Crippen LogP) is 2.54. The fraction of sp³-hybridized carbons (Fsp3) is 0.933. The number of amides is 1. The molecule has 104 valence electrons. The fourth-order valence-corrected chi connectivity index (χ4v) is 3.38. The van der Waals surface area contributed by atoms with Gasteiger partial charge in [-0.15, -0.1) is 0 Å². The summed E-state index contributed by atoms with van der Waals surface area (Å²) in [6.45, 7) is 2.65. The first-order valence-corrected chi connectivity index (χ1v) is 7.77. The molecule has 1 heterocycles. The maximum absolute atomic E-state index is 12.1. The van der Waals surface area contributed by atoms with Gasteiger partial charge in [0, 0.05) is 19.5 Å². The Bertz CT molecular complexity index is 253. The molecular weight excluding hydrogens is 224 g/mol. The average molecular weight is 252 g/mol. The van der Waals surface area contributed by atoms with Crippen molar-refractivity contribution < 1.29 is 4.79 Å². The number of likely N-dealkylation sites (tertiary alicyclic amines) is 1. The Hall–Kier alpha value is -0.570. The average Bonchev–Trinajstić information content (AvgIpc) is 2.46. The van der Waals surface area contributed by atoms with Gasteiger partial charge in [0.15, 0.2) is 0 Å². The van der Waals surface area contributed by atoms with E-state index in [0.717, 1.165) is 51.2 Å². The van der Waals surface area contributed by atoms with Gasteiger partial charge >= 0.3 is 0 Å². The first-order chi connectivity index (χ1) is 8.79. The van der Waals surface area contributed by atoms with Gasteiger partial charge in [0.05, 0.1) is 0 Å². The van der Waals surface area contributed by atoms with E-state index in [1.54, 1.807) is 0 Å². The van der Waals surface area contributed by atoms with Crippen LogP contribution in [0.4, 0.5) is 0 Å². The molecule has 1 saturated carbocycles. The van der Waals surface area contributed by atoms with E-state index < -0.39 is 0 Å². The number of rotatable bonds is 4. The van der Waals surface area contributed by atoms with E-state index in [1.165, 1.54) is 32.1 Å². The van der Waals surface area contributed by atoms with Crippen LogP contribution in [0.3, 0.4) is 0 Å². The quantitative estimate of drug-likeness (QED) is 0.836. The summed E-state index contributed by atoms with van der Waals surface area (Å²) in [6, 6.07) is 0. The highest BCUT2D eigenvalue weighted by Crippen LogP contribution is 2.27. The Morgan fingerprint density at radius 2 is 1.67 bits per heavy atom. The van der Waals surface area contributed by atoms with Crippen LogP contribution in [-0.4, -0.2) is 30.4 Å². The van der Waals surface area contributed by atoms with Crippen LogP contribution < -0.4 is 5.73 Å². The predicted molar refractivity (Wildman–Crippen MR) is 74.2 cm³/mol. The second-order valence-corrected chi connectivity index (χ2v) is 6.10. The van der Waals surface area contributed by atoms with E-state index in [2.05, 4.69) is 4.90 Å². The van der Waals surface area contributed by atoms with Gasteiger partial charge in [0.25, 0.3) is 0 Å². The van der Waals surface area contributed by atoms with Gasteiger partial charge in [-0.3, -0.25) is 4.79 Å². The Morgan fingerprint density at radius 1 is 1.00 bits per heavy atom. The zero-order valence-electron chi connectivity index (χ0n) is 11.6. The topological polar surface area (TPSA) is 46.3 Å². The lowest BCUT2D eigenvalue weighted by Crippen LogP contribution is -2.40. The highest BCUT2D eigenvalue weighted by atomic mass is 16.2. The van der Waals surface area contributed by atoms with Crippen LogP contribution in [0.5, 0.6) is 0 Å². The van der Waals surface area contributed by atoms with Crippen molar-refractivity contribution in [1.82, 2.24) is 4.90 Å². The van der Waals surface area contributed by atoms with Crippen molar-refractivity contribution in [3.8, 4) is 0 Å². The molecule has 0 radical (unpaired) electrons. The second-order valence-electron chi connectivity index (χ2n) is 6.10. The third-order valence-electron chi connectivity index (χ3n) is 4.79. The zero-order chi connectivity index (χ0) is 12.8. The minimum Gasteiger partial charge on any atom is -0.343 e. The van der Waals surface area contributed by atoms with Crippen molar-refractivity contribution in [2.75, 3.05) is 19.6 Å². The van der Waals surface area contributed by atoms with Crippen LogP contribution >= 0.6 is 0 Å². The molecule has 1 aliphatic heterocycles. The first kappa shape index (κ1) is 13.9. The van der Waals surface area contributed by atoms with Gasteiger partial charge in [0.2, 0.25) is 5.91 Å². The molecule has 0 bridgehead atoms. The van der Waals surface area contributed by atoms with Gasteiger partial charge in [-0.05, 0) is 37.6 Å². The maximum Gasteiger partial charge on any atom is 0.222 e. The van der Waals surface area contributed by atoms with Crippen molar-refractivity contribution in [3.05, 3.63) is 0 Å². The highest BCUT2D eigenvalue weighted by molar-refractivity contribution is 5.76. The number of nitrogens with two attached hydrogens (primary N) is 1. The summed E-state index contributed by atoms with van der Waals surface area (Å²) in [4.78, 5) is 14.2. The number of nitrogens with zero attached hydrogens (tertiary/aromatic N) is 1. The van der Waals surface area contributed by atoms with Crippen LogP contribution in [0.15, 0.2) is 0 Å². The molecule has 2 N–H and O–H groups in total. The van der Waals surface area contributed by atoms with Crippen LogP contribution in [-0.2, 0) is 4.79 Å². The largest absolute Gasteiger partial charge is 0.343 e. The molecule has 2 aliphatic rings. The lowest BCUT2D eigenvalue weighted by atomic mass is 9.86. The summed E-state index contributed by atoms with van der Waals surface area (Å²) in [6.07, 6.45) is 11.0. The molecule has 2 rings (SSSR count). The third kappa shape index (κ3) is 3.98. The molecule has 0 aromatic carbocycles. The SMILES string of the molecule is NCC1CCN(C(=O)CCC2CCCCC2)CC1. The molecule has 3 nitrogen and oxygen atoms in total. The Labute approximate surface area is 111 Å². The van der Waals surface area contributed by atoms with Gasteiger partial charge in [0.1, 0.15) is 0 Å². The molecule has 3 heteroatoms. The minimum absolute atomic E-state index is 0.385. The summed E-state index contributed by atoms with van der Waals surface area (Å²) in [5.74, 6) is 1.85. The minimum atomic E-state index is 0.385. The molecule has 2 fully saturated rings. The number of piperidine rings is 1. The first-order valence-electron chi connectivity index (χ1n) is 7.77. The van der Waals surface area contributed by atoms with E-state index in [4.69, 9.17) is 5.73 Å². The molecule has 0 aromatic heterocycles. The molecule has 1 saturated heterocycles. The lowest BCUT2D eigenvalue weighted by Gasteiger charge is -2.32. The number of hydrogen-bond donors (Lipinski definition) is 1. The van der Waals surface area contributed by atoms with Crippen molar-refractivity contribution in [3.63, 3.8) is 0 Å². The van der Waals surface area contributed by atoms with Crippen molar-refractivity contribution in [1.29, 1.82) is 0 Å². The van der Waals surface area contributed by atoms with Gasteiger partial charge in [-0.25, -0.2) is 0 Å². The van der Waals surface area contributed by atoms with Crippen LogP contribution in [0.25, 0.3) is 0 Å². The number of hydrogen-bond acceptors (Lipinski definition) is 2. The molecule has 0 aromatic rings. The standard InChI is InChI=1S/C15H28N2O/c16-12-14-8-10-17(11-9-14)15(18)7-6-13-4-2-1-3-5-13/h13-14H,1-12,16H2.